The lowest BCUT2D eigenvalue weighted by atomic mass is 10.2. The zero-order valence-electron chi connectivity index (χ0n) is 13.4. The first-order chi connectivity index (χ1) is 12.2. The Hall–Kier alpha value is -2.33. The number of nitrogens with zero attached hydrogens (tertiary/aromatic N) is 1. The number of anilines is 1. The molecule has 7 nitrogen and oxygen atoms in total. The van der Waals surface area contributed by atoms with Gasteiger partial charge in [0.25, 0.3) is 10.0 Å². The second-order valence-electron chi connectivity index (χ2n) is 5.37. The molecule has 0 amide bonds. The first-order valence-electron chi connectivity index (χ1n) is 7.32. The Labute approximate surface area is 157 Å². The number of hydrogen-bond acceptors (Lipinski definition) is 5. The van der Waals surface area contributed by atoms with Crippen molar-refractivity contribution in [3.8, 4) is 11.5 Å². The van der Waals surface area contributed by atoms with Crippen LogP contribution in [0.2, 0.25) is 0 Å². The second kappa shape index (κ2) is 6.76. The normalized spacial score (nSPS) is 13.3. The van der Waals surface area contributed by atoms with Crippen molar-refractivity contribution in [3.05, 3.63) is 46.2 Å². The number of benzene rings is 2. The van der Waals surface area contributed by atoms with Gasteiger partial charge in [-0.3, -0.25) is 4.31 Å². The first-order valence-corrected chi connectivity index (χ1v) is 9.56. The van der Waals surface area contributed by atoms with E-state index in [9.17, 15) is 22.7 Å². The molecule has 0 fully saturated rings. The van der Waals surface area contributed by atoms with Crippen LogP contribution in [0.4, 0.5) is 10.1 Å². The quantitative estimate of drug-likeness (QED) is 0.777. The molecule has 0 saturated carbocycles. The summed E-state index contributed by atoms with van der Waals surface area (Å²) >= 11 is 3.10. The minimum Gasteiger partial charge on any atom is -0.486 e. The smallest absolute Gasteiger partial charge is 0.339 e. The number of halogens is 2. The van der Waals surface area contributed by atoms with Gasteiger partial charge in [-0.25, -0.2) is 17.6 Å². The third kappa shape index (κ3) is 3.21. The van der Waals surface area contributed by atoms with Gasteiger partial charge in [0.2, 0.25) is 0 Å². The third-order valence-corrected chi connectivity index (χ3v) is 6.00. The summed E-state index contributed by atoms with van der Waals surface area (Å²) in [5.74, 6) is -2.12. The van der Waals surface area contributed by atoms with E-state index in [1.165, 1.54) is 25.2 Å². The molecule has 1 aliphatic heterocycles. The molecule has 0 bridgehead atoms. The predicted molar refractivity (Wildman–Crippen MR) is 94.1 cm³/mol. The summed E-state index contributed by atoms with van der Waals surface area (Å²) in [6.07, 6.45) is 0. The van der Waals surface area contributed by atoms with Gasteiger partial charge in [0.05, 0.1) is 10.6 Å². The Bertz CT molecular complexity index is 994. The van der Waals surface area contributed by atoms with Crippen LogP contribution in [0.5, 0.6) is 11.5 Å². The Morgan fingerprint density at radius 1 is 1.23 bits per heavy atom. The number of hydrogen-bond donors (Lipinski definition) is 1. The molecular weight excluding hydrogens is 433 g/mol. The fraction of sp³-hybridized carbons (Fsp3) is 0.188. The molecule has 0 spiro atoms. The third-order valence-electron chi connectivity index (χ3n) is 3.75. The Morgan fingerprint density at radius 3 is 2.58 bits per heavy atom. The molecule has 2 aromatic carbocycles. The average Bonchev–Trinajstić information content (AvgIpc) is 2.60. The molecule has 0 unspecified atom stereocenters. The predicted octanol–water partition coefficient (Wildman–Crippen LogP) is 2.88. The van der Waals surface area contributed by atoms with Crippen LogP contribution < -0.4 is 13.8 Å². The Morgan fingerprint density at radius 2 is 1.92 bits per heavy atom. The zero-order valence-corrected chi connectivity index (χ0v) is 15.8. The van der Waals surface area contributed by atoms with Crippen LogP contribution in [0, 0.1) is 5.82 Å². The minimum absolute atomic E-state index is 0.0133. The van der Waals surface area contributed by atoms with Gasteiger partial charge in [-0.1, -0.05) is 15.9 Å². The number of fused-ring (bicyclic) bond motifs is 1. The molecule has 2 aromatic rings. The summed E-state index contributed by atoms with van der Waals surface area (Å²) in [6.45, 7) is 0.316. The van der Waals surface area contributed by atoms with E-state index in [1.54, 1.807) is 0 Å². The standard InChI is InChI=1S/C16H13BrFNO6S/c1-19(13-3-2-9(17)6-12(13)18)26(22,23)10-7-11(16(20)21)15-14(8-10)24-4-5-25-15/h2-3,6-8H,4-5H2,1H3,(H,20,21). The van der Waals surface area contributed by atoms with E-state index in [4.69, 9.17) is 9.47 Å². The molecule has 0 aromatic heterocycles. The van der Waals surface area contributed by atoms with Gasteiger partial charge in [-0.2, -0.15) is 0 Å². The fourth-order valence-electron chi connectivity index (χ4n) is 2.46. The van der Waals surface area contributed by atoms with Crippen LogP contribution in [0.3, 0.4) is 0 Å². The number of carbonyl (C=O) groups is 1. The summed E-state index contributed by atoms with van der Waals surface area (Å²) in [7, 11) is -3.06. The summed E-state index contributed by atoms with van der Waals surface area (Å²) in [5.41, 5.74) is -0.523. The number of rotatable bonds is 4. The SMILES string of the molecule is CN(c1ccc(Br)cc1F)S(=O)(=O)c1cc2c(c(C(=O)O)c1)OCCO2. The highest BCUT2D eigenvalue weighted by atomic mass is 79.9. The molecule has 0 saturated heterocycles. The van der Waals surface area contributed by atoms with Gasteiger partial charge < -0.3 is 14.6 Å². The van der Waals surface area contributed by atoms with Crippen molar-refractivity contribution in [2.45, 2.75) is 4.90 Å². The number of carboxylic acid groups (broad SMARTS) is 1. The van der Waals surface area contributed by atoms with Crippen molar-refractivity contribution in [1.29, 1.82) is 0 Å². The van der Waals surface area contributed by atoms with Crippen molar-refractivity contribution in [1.82, 2.24) is 0 Å². The van der Waals surface area contributed by atoms with Gasteiger partial charge >= 0.3 is 5.97 Å². The van der Waals surface area contributed by atoms with E-state index in [0.717, 1.165) is 16.4 Å². The average molecular weight is 446 g/mol. The number of carboxylic acids is 1. The highest BCUT2D eigenvalue weighted by Crippen LogP contribution is 2.38. The van der Waals surface area contributed by atoms with E-state index < -0.39 is 21.8 Å². The van der Waals surface area contributed by atoms with Gasteiger partial charge in [-0.05, 0) is 24.3 Å². The molecule has 1 heterocycles. The van der Waals surface area contributed by atoms with Crippen LogP contribution in [-0.2, 0) is 10.0 Å². The largest absolute Gasteiger partial charge is 0.486 e. The van der Waals surface area contributed by atoms with Gasteiger partial charge in [0.15, 0.2) is 11.5 Å². The molecule has 0 atom stereocenters. The summed E-state index contributed by atoms with van der Waals surface area (Å²) in [4.78, 5) is 11.1. The lowest BCUT2D eigenvalue weighted by molar-refractivity contribution is 0.0685. The summed E-state index contributed by atoms with van der Waals surface area (Å²) in [6, 6.07) is 6.07. The van der Waals surface area contributed by atoms with E-state index >= 15 is 0 Å². The molecule has 0 radical (unpaired) electrons. The van der Waals surface area contributed by atoms with Crippen LogP contribution >= 0.6 is 15.9 Å². The Kier molecular flexibility index (Phi) is 4.80. The highest BCUT2D eigenvalue weighted by molar-refractivity contribution is 9.10. The van der Waals surface area contributed by atoms with E-state index in [0.29, 0.717) is 4.47 Å². The molecule has 1 aliphatic rings. The zero-order chi connectivity index (χ0) is 19.1. The maximum Gasteiger partial charge on any atom is 0.339 e. The lowest BCUT2D eigenvalue weighted by Crippen LogP contribution is -2.28. The molecule has 26 heavy (non-hydrogen) atoms. The Balaban J connectivity index is 2.12. The summed E-state index contributed by atoms with van der Waals surface area (Å²) in [5, 5.41) is 9.35. The van der Waals surface area contributed by atoms with Gasteiger partial charge in [0.1, 0.15) is 24.6 Å². The fourth-order valence-corrected chi connectivity index (χ4v) is 4.04. The maximum atomic E-state index is 14.2. The van der Waals surface area contributed by atoms with Crippen LogP contribution in [0.1, 0.15) is 10.4 Å². The van der Waals surface area contributed by atoms with Crippen molar-refractivity contribution >= 4 is 37.6 Å². The van der Waals surface area contributed by atoms with Crippen LogP contribution in [0.15, 0.2) is 39.7 Å². The van der Waals surface area contributed by atoms with Crippen LogP contribution in [-0.4, -0.2) is 39.8 Å². The van der Waals surface area contributed by atoms with E-state index in [2.05, 4.69) is 15.9 Å². The first kappa shape index (κ1) is 18.5. The molecule has 0 aliphatic carbocycles. The molecular formula is C16H13BrFNO6S. The van der Waals surface area contributed by atoms with Crippen molar-refractivity contribution < 1.29 is 32.2 Å². The number of ether oxygens (including phenoxy) is 2. The highest BCUT2D eigenvalue weighted by Gasteiger charge is 2.29. The van der Waals surface area contributed by atoms with Gasteiger partial charge in [0, 0.05) is 17.6 Å². The minimum atomic E-state index is -4.24. The molecule has 138 valence electrons. The molecule has 1 N–H and O–H groups in total. The van der Waals surface area contributed by atoms with Crippen molar-refractivity contribution in [2.75, 3.05) is 24.6 Å². The van der Waals surface area contributed by atoms with Crippen LogP contribution in [0.25, 0.3) is 0 Å². The lowest BCUT2D eigenvalue weighted by Gasteiger charge is -2.24. The van der Waals surface area contributed by atoms with Crippen molar-refractivity contribution in [3.63, 3.8) is 0 Å². The van der Waals surface area contributed by atoms with E-state index in [-0.39, 0.29) is 40.9 Å². The second-order valence-corrected chi connectivity index (χ2v) is 8.25. The maximum absolute atomic E-state index is 14.2. The number of aromatic carboxylic acids is 1. The molecule has 3 rings (SSSR count). The topological polar surface area (TPSA) is 93.1 Å². The van der Waals surface area contributed by atoms with Crippen molar-refractivity contribution in [2.24, 2.45) is 0 Å². The monoisotopic (exact) mass is 445 g/mol. The van der Waals surface area contributed by atoms with Gasteiger partial charge in [-0.15, -0.1) is 0 Å². The molecule has 10 heteroatoms. The summed E-state index contributed by atoms with van der Waals surface area (Å²) < 4.78 is 51.7. The number of sulfonamides is 1. The van der Waals surface area contributed by atoms with E-state index in [1.807, 2.05) is 0 Å².